The van der Waals surface area contributed by atoms with Crippen LogP contribution in [0.5, 0.6) is 17.2 Å². The van der Waals surface area contributed by atoms with Gasteiger partial charge in [0.2, 0.25) is 11.8 Å². The molecular formula is C30H27Cl2IN2O7. The van der Waals surface area contributed by atoms with E-state index in [1.165, 1.54) is 19.1 Å². The number of likely N-dealkylation sites (tertiary alicyclic amines) is 2. The lowest BCUT2D eigenvalue weighted by atomic mass is 9.56. The molecule has 0 aromatic heterocycles. The van der Waals surface area contributed by atoms with Gasteiger partial charge in [-0.2, -0.15) is 0 Å². The van der Waals surface area contributed by atoms with E-state index in [0.717, 1.165) is 10.5 Å². The summed E-state index contributed by atoms with van der Waals surface area (Å²) in [5.41, 5.74) is 2.03. The fourth-order valence-corrected chi connectivity index (χ4v) is 8.87. The number of ether oxygens (including phenoxy) is 1. The number of hydrogen-bond acceptors (Lipinski definition) is 7. The highest BCUT2D eigenvalue weighted by Gasteiger charge is 2.75. The Bertz CT molecular complexity index is 1580. The van der Waals surface area contributed by atoms with E-state index < -0.39 is 45.2 Å². The van der Waals surface area contributed by atoms with Gasteiger partial charge in [0.25, 0.3) is 11.8 Å². The molecule has 0 radical (unpaired) electrons. The number of nitrogens with zero attached hydrogens (tertiary/aromatic N) is 2. The van der Waals surface area contributed by atoms with Crippen LogP contribution < -0.4 is 4.74 Å². The van der Waals surface area contributed by atoms with Gasteiger partial charge in [-0.3, -0.25) is 29.0 Å². The maximum Gasteiger partial charge on any atom is 0.253 e. The van der Waals surface area contributed by atoms with Gasteiger partial charge in [0.1, 0.15) is 5.75 Å². The van der Waals surface area contributed by atoms with E-state index in [1.807, 2.05) is 28.7 Å². The number of methoxy groups -OCH3 is 1. The second-order valence-electron chi connectivity index (χ2n) is 11.3. The van der Waals surface area contributed by atoms with Gasteiger partial charge < -0.3 is 14.9 Å². The monoisotopic (exact) mass is 724 g/mol. The molecule has 42 heavy (non-hydrogen) atoms. The predicted octanol–water partition coefficient (Wildman–Crippen LogP) is 3.94. The summed E-state index contributed by atoms with van der Waals surface area (Å²) in [7, 11) is 2.74. The first-order valence-corrected chi connectivity index (χ1v) is 15.3. The van der Waals surface area contributed by atoms with E-state index >= 15 is 0 Å². The highest BCUT2D eigenvalue weighted by atomic mass is 127. The van der Waals surface area contributed by atoms with Gasteiger partial charge in [0, 0.05) is 19.5 Å². The van der Waals surface area contributed by atoms with Crippen LogP contribution >= 0.6 is 45.8 Å². The van der Waals surface area contributed by atoms with Gasteiger partial charge >= 0.3 is 0 Å². The number of hydrogen-bond donors (Lipinski definition) is 2. The zero-order valence-corrected chi connectivity index (χ0v) is 26.3. The quantitative estimate of drug-likeness (QED) is 0.207. The number of aromatic hydroxyl groups is 2. The number of phenolic OH excluding ortho intramolecular Hbond substituents is 2. The van der Waals surface area contributed by atoms with Gasteiger partial charge in [0.05, 0.1) is 22.5 Å². The van der Waals surface area contributed by atoms with Crippen molar-refractivity contribution in [2.45, 2.75) is 34.9 Å². The average Bonchev–Trinajstić information content (AvgIpc) is 3.28. The van der Waals surface area contributed by atoms with Crippen molar-refractivity contribution in [2.24, 2.45) is 17.8 Å². The van der Waals surface area contributed by atoms with Crippen molar-refractivity contribution in [1.29, 1.82) is 0 Å². The lowest BCUT2D eigenvalue weighted by molar-refractivity contribution is -0.141. The molecule has 4 aliphatic rings. The number of amides is 4. The van der Waals surface area contributed by atoms with E-state index in [-0.39, 0.29) is 48.4 Å². The van der Waals surface area contributed by atoms with Crippen LogP contribution in [-0.4, -0.2) is 74.1 Å². The van der Waals surface area contributed by atoms with Gasteiger partial charge in [-0.25, -0.2) is 0 Å². The number of carbonyl (C=O) groups excluding carboxylic acids is 4. The third kappa shape index (κ3) is 3.93. The molecule has 9 nitrogen and oxygen atoms in total. The number of carbonyl (C=O) groups is 4. The van der Waals surface area contributed by atoms with Crippen molar-refractivity contribution < 1.29 is 34.1 Å². The Morgan fingerprint density at radius 3 is 2.38 bits per heavy atom. The van der Waals surface area contributed by atoms with Crippen LogP contribution in [0.4, 0.5) is 0 Å². The lowest BCUT2D eigenvalue weighted by Crippen LogP contribution is -2.60. The highest BCUT2D eigenvalue weighted by molar-refractivity contribution is 14.1. The number of rotatable bonds is 5. The minimum atomic E-state index is -1.91. The number of phenols is 2. The maximum absolute atomic E-state index is 14.0. The number of alkyl halides is 2. The summed E-state index contributed by atoms with van der Waals surface area (Å²) in [6.07, 6.45) is 2.46. The Hall–Kier alpha value is -2.83. The first-order chi connectivity index (χ1) is 19.8. The second-order valence-corrected chi connectivity index (χ2v) is 13.7. The average molecular weight is 725 g/mol. The molecule has 4 amide bonds. The SMILES string of the molecule is COc1cc(C2C3=CCC4C(=O)N(CCc5ccc(O)cc5)C(=O)C4C3CC3(Cl)C(=O)N(C)C(=O)C23Cl)cc(I)c1O. The molecule has 6 unspecified atom stereocenters. The summed E-state index contributed by atoms with van der Waals surface area (Å²) < 4.78 is 5.83. The van der Waals surface area contributed by atoms with Gasteiger partial charge in [-0.15, -0.1) is 23.2 Å². The van der Waals surface area contributed by atoms with Gasteiger partial charge in [-0.05, 0) is 83.2 Å². The van der Waals surface area contributed by atoms with Crippen LogP contribution in [0, 0.1) is 21.3 Å². The molecule has 1 saturated carbocycles. The topological polar surface area (TPSA) is 124 Å². The summed E-state index contributed by atoms with van der Waals surface area (Å²) in [6, 6.07) is 9.82. The molecule has 3 fully saturated rings. The van der Waals surface area contributed by atoms with Crippen molar-refractivity contribution in [2.75, 3.05) is 20.7 Å². The van der Waals surface area contributed by atoms with Crippen LogP contribution in [0.25, 0.3) is 0 Å². The molecule has 2 N–H and O–H groups in total. The largest absolute Gasteiger partial charge is 0.508 e. The first-order valence-electron chi connectivity index (χ1n) is 13.4. The highest BCUT2D eigenvalue weighted by Crippen LogP contribution is 2.65. The predicted molar refractivity (Wildman–Crippen MR) is 161 cm³/mol. The number of halogens is 3. The summed E-state index contributed by atoms with van der Waals surface area (Å²) >= 11 is 16.3. The lowest BCUT2D eigenvalue weighted by Gasteiger charge is -2.50. The Balaban J connectivity index is 1.43. The van der Waals surface area contributed by atoms with Crippen molar-refractivity contribution >= 4 is 69.4 Å². The molecule has 0 bridgehead atoms. The van der Waals surface area contributed by atoms with Gasteiger partial charge in [0.15, 0.2) is 21.2 Å². The van der Waals surface area contributed by atoms with Crippen LogP contribution in [0.15, 0.2) is 48.0 Å². The zero-order valence-electron chi connectivity index (χ0n) is 22.6. The first kappa shape index (κ1) is 29.3. The molecule has 2 aliphatic heterocycles. The van der Waals surface area contributed by atoms with Crippen LogP contribution in [0.1, 0.15) is 29.9 Å². The molecule has 6 rings (SSSR count). The maximum atomic E-state index is 14.0. The molecular weight excluding hydrogens is 698 g/mol. The van der Waals surface area contributed by atoms with Crippen LogP contribution in [0.2, 0.25) is 0 Å². The molecule has 0 spiro atoms. The van der Waals surface area contributed by atoms with E-state index in [2.05, 4.69) is 0 Å². The number of allylic oxidation sites excluding steroid dienone is 2. The summed E-state index contributed by atoms with van der Waals surface area (Å²) in [4.78, 5) is 53.2. The van der Waals surface area contributed by atoms with E-state index in [0.29, 0.717) is 21.1 Å². The van der Waals surface area contributed by atoms with Crippen LogP contribution in [-0.2, 0) is 25.6 Å². The summed E-state index contributed by atoms with van der Waals surface area (Å²) in [6.45, 7) is 0.167. The van der Waals surface area contributed by atoms with Crippen molar-refractivity contribution in [3.63, 3.8) is 0 Å². The third-order valence-corrected chi connectivity index (χ3v) is 11.5. The molecule has 12 heteroatoms. The Labute approximate surface area is 265 Å². The van der Waals surface area contributed by atoms with Gasteiger partial charge in [-0.1, -0.05) is 23.8 Å². The van der Waals surface area contributed by atoms with E-state index in [4.69, 9.17) is 27.9 Å². The third-order valence-electron chi connectivity index (χ3n) is 9.27. The number of fused-ring (bicyclic) bond motifs is 4. The number of benzene rings is 2. The molecule has 2 aliphatic carbocycles. The summed E-state index contributed by atoms with van der Waals surface area (Å²) in [5.74, 6) is -4.70. The van der Waals surface area contributed by atoms with Crippen LogP contribution in [0.3, 0.4) is 0 Å². The second kappa shape index (κ2) is 10.1. The van der Waals surface area contributed by atoms with Crippen molar-refractivity contribution in [3.8, 4) is 17.2 Å². The molecule has 2 aromatic rings. The number of imide groups is 2. The zero-order chi connectivity index (χ0) is 30.3. The molecule has 220 valence electrons. The Kier molecular flexibility index (Phi) is 7.05. The minimum absolute atomic E-state index is 0.0839. The Morgan fingerprint density at radius 1 is 1.02 bits per heavy atom. The fourth-order valence-electron chi connectivity index (χ4n) is 7.22. The smallest absolute Gasteiger partial charge is 0.253 e. The molecule has 2 saturated heterocycles. The fraction of sp³-hybridized carbons (Fsp3) is 0.400. The van der Waals surface area contributed by atoms with E-state index in [1.54, 1.807) is 36.4 Å². The standard InChI is InChI=1S/C30H27Cl2IN2O7/c1-34-27(40)29(31)13-19-17(23(30(29,32)28(34)41)15-11-20(33)24(37)21(12-15)42-2)7-8-18-22(19)26(39)35(25(18)38)10-9-14-3-5-16(36)6-4-14/h3-7,11-12,18-19,22-23,36-37H,8-10,13H2,1-2H3. The Morgan fingerprint density at radius 2 is 1.71 bits per heavy atom. The normalized spacial score (nSPS) is 32.1. The minimum Gasteiger partial charge on any atom is -0.508 e. The molecule has 2 aromatic carbocycles. The van der Waals surface area contributed by atoms with Crippen molar-refractivity contribution in [3.05, 3.63) is 62.7 Å². The van der Waals surface area contributed by atoms with E-state index in [9.17, 15) is 29.4 Å². The molecule has 6 atom stereocenters. The van der Waals surface area contributed by atoms with Crippen molar-refractivity contribution in [1.82, 2.24) is 9.80 Å². The summed E-state index contributed by atoms with van der Waals surface area (Å²) in [5, 5.41) is 20.1. The molecule has 2 heterocycles.